The van der Waals surface area contributed by atoms with E-state index in [0.717, 1.165) is 38.8 Å². The summed E-state index contributed by atoms with van der Waals surface area (Å²) in [6.07, 6.45) is 11.2. The van der Waals surface area contributed by atoms with Gasteiger partial charge < -0.3 is 9.64 Å². The number of likely N-dealkylation sites (tertiary alicyclic amines) is 1. The number of nitrogens with zero attached hydrogens (tertiary/aromatic N) is 4. The summed E-state index contributed by atoms with van der Waals surface area (Å²) in [5, 5.41) is 4.30. The van der Waals surface area contributed by atoms with Gasteiger partial charge in [-0.25, -0.2) is 0 Å². The topological polar surface area (TPSA) is 50.6 Å². The van der Waals surface area contributed by atoms with Crippen LogP contribution in [0.5, 0.6) is 0 Å². The molecule has 0 radical (unpaired) electrons. The van der Waals surface area contributed by atoms with Gasteiger partial charge in [0.1, 0.15) is 0 Å². The van der Waals surface area contributed by atoms with Gasteiger partial charge in [-0.05, 0) is 32.2 Å². The minimum absolute atomic E-state index is 0.268. The SMILES string of the molecule is Cn1cc([C@@H]2CCCN2CC(=O)N2CCO[C@H]3CCCC[C@@H]32)cn1. The van der Waals surface area contributed by atoms with Gasteiger partial charge in [0.25, 0.3) is 0 Å². The largest absolute Gasteiger partial charge is 0.374 e. The highest BCUT2D eigenvalue weighted by molar-refractivity contribution is 5.79. The molecule has 6 nitrogen and oxygen atoms in total. The maximum atomic E-state index is 13.0. The Hall–Kier alpha value is -1.40. The molecule has 0 bridgehead atoms. The molecule has 1 saturated carbocycles. The molecule has 0 unspecified atom stereocenters. The van der Waals surface area contributed by atoms with Gasteiger partial charge in [0.15, 0.2) is 0 Å². The fraction of sp³-hybridized carbons (Fsp3) is 0.778. The van der Waals surface area contributed by atoms with Crippen molar-refractivity contribution in [2.45, 2.75) is 56.7 Å². The Kier molecular flexibility index (Phi) is 4.59. The van der Waals surface area contributed by atoms with Gasteiger partial charge >= 0.3 is 0 Å². The smallest absolute Gasteiger partial charge is 0.237 e. The van der Waals surface area contributed by atoms with Crippen LogP contribution in [0, 0.1) is 0 Å². The number of carbonyl (C=O) groups excluding carboxylic acids is 1. The van der Waals surface area contributed by atoms with Crippen molar-refractivity contribution < 1.29 is 9.53 Å². The van der Waals surface area contributed by atoms with E-state index in [1.807, 2.05) is 17.9 Å². The summed E-state index contributed by atoms with van der Waals surface area (Å²) in [7, 11) is 1.95. The number of carbonyl (C=O) groups is 1. The number of ether oxygens (including phenoxy) is 1. The van der Waals surface area contributed by atoms with Crippen LogP contribution < -0.4 is 0 Å². The van der Waals surface area contributed by atoms with Gasteiger partial charge in [0, 0.05) is 31.4 Å². The summed E-state index contributed by atoms with van der Waals surface area (Å²) >= 11 is 0. The molecular formula is C18H28N4O2. The first-order chi connectivity index (χ1) is 11.7. The number of hydrogen-bond acceptors (Lipinski definition) is 4. The van der Waals surface area contributed by atoms with E-state index >= 15 is 0 Å². The van der Waals surface area contributed by atoms with Crippen LogP contribution in [0.15, 0.2) is 12.4 Å². The van der Waals surface area contributed by atoms with Crippen molar-refractivity contribution in [1.29, 1.82) is 0 Å². The number of aryl methyl sites for hydroxylation is 1. The maximum absolute atomic E-state index is 13.0. The lowest BCUT2D eigenvalue weighted by molar-refractivity contribution is -0.150. The fourth-order valence-corrected chi connectivity index (χ4v) is 4.68. The zero-order chi connectivity index (χ0) is 16.5. The fourth-order valence-electron chi connectivity index (χ4n) is 4.68. The summed E-state index contributed by atoms with van der Waals surface area (Å²) in [6, 6.07) is 0.644. The number of morpholine rings is 1. The lowest BCUT2D eigenvalue weighted by Gasteiger charge is -2.44. The second kappa shape index (κ2) is 6.84. The van der Waals surface area contributed by atoms with Crippen LogP contribution in [0.4, 0.5) is 0 Å². The Morgan fingerprint density at radius 2 is 2.12 bits per heavy atom. The highest BCUT2D eigenvalue weighted by Crippen LogP contribution is 2.32. The number of fused-ring (bicyclic) bond motifs is 1. The Morgan fingerprint density at radius 3 is 2.96 bits per heavy atom. The third-order valence-corrected chi connectivity index (χ3v) is 5.86. The van der Waals surface area contributed by atoms with E-state index in [1.54, 1.807) is 0 Å². The molecule has 1 aromatic heterocycles. The van der Waals surface area contributed by atoms with Crippen LogP contribution in [0.3, 0.4) is 0 Å². The summed E-state index contributed by atoms with van der Waals surface area (Å²) in [6.45, 7) is 2.98. The molecular weight excluding hydrogens is 304 g/mol. The second-order valence-electron chi connectivity index (χ2n) is 7.42. The predicted octanol–water partition coefficient (Wildman–Crippen LogP) is 1.73. The molecule has 1 aromatic rings. The van der Waals surface area contributed by atoms with Gasteiger partial charge in [-0.15, -0.1) is 0 Å². The van der Waals surface area contributed by atoms with Crippen LogP contribution in [-0.4, -0.2) is 63.9 Å². The van der Waals surface area contributed by atoms with Crippen molar-refractivity contribution >= 4 is 5.91 Å². The Bertz CT molecular complexity index is 585. The van der Waals surface area contributed by atoms with Gasteiger partial charge in [-0.3, -0.25) is 14.4 Å². The van der Waals surface area contributed by atoms with E-state index in [0.29, 0.717) is 25.2 Å². The molecule has 0 N–H and O–H groups in total. The third-order valence-electron chi connectivity index (χ3n) is 5.86. The molecule has 6 heteroatoms. The normalized spacial score (nSPS) is 31.2. The van der Waals surface area contributed by atoms with Gasteiger partial charge in [0.2, 0.25) is 5.91 Å². The molecule has 0 aromatic carbocycles. The molecule has 132 valence electrons. The summed E-state index contributed by atoms with van der Waals surface area (Å²) < 4.78 is 7.76. The zero-order valence-corrected chi connectivity index (χ0v) is 14.6. The van der Waals surface area contributed by atoms with E-state index in [1.165, 1.54) is 18.4 Å². The van der Waals surface area contributed by atoms with Crippen molar-refractivity contribution in [2.24, 2.45) is 7.05 Å². The van der Waals surface area contributed by atoms with Crippen molar-refractivity contribution in [3.05, 3.63) is 18.0 Å². The number of aromatic nitrogens is 2. The van der Waals surface area contributed by atoms with E-state index in [9.17, 15) is 4.79 Å². The first kappa shape index (κ1) is 16.1. The molecule has 3 fully saturated rings. The molecule has 1 amide bonds. The molecule has 4 rings (SSSR count). The number of hydrogen-bond donors (Lipinski definition) is 0. The molecule has 2 saturated heterocycles. The van der Waals surface area contributed by atoms with Crippen molar-refractivity contribution in [1.82, 2.24) is 19.6 Å². The van der Waals surface area contributed by atoms with Crippen LogP contribution in [0.2, 0.25) is 0 Å². The molecule has 3 aliphatic rings. The average molecular weight is 332 g/mol. The van der Waals surface area contributed by atoms with Gasteiger partial charge in [0.05, 0.1) is 31.5 Å². The third kappa shape index (κ3) is 3.09. The molecule has 3 atom stereocenters. The van der Waals surface area contributed by atoms with Gasteiger partial charge in [-0.1, -0.05) is 12.8 Å². The molecule has 24 heavy (non-hydrogen) atoms. The van der Waals surface area contributed by atoms with Crippen molar-refractivity contribution in [2.75, 3.05) is 26.2 Å². The molecule has 0 spiro atoms. The highest BCUT2D eigenvalue weighted by atomic mass is 16.5. The van der Waals surface area contributed by atoms with Crippen LogP contribution >= 0.6 is 0 Å². The Labute approximate surface area is 143 Å². The van der Waals surface area contributed by atoms with Crippen molar-refractivity contribution in [3.63, 3.8) is 0 Å². The number of amides is 1. The van der Waals surface area contributed by atoms with Gasteiger partial charge in [-0.2, -0.15) is 5.10 Å². The summed E-state index contributed by atoms with van der Waals surface area (Å²) in [5.41, 5.74) is 1.24. The highest BCUT2D eigenvalue weighted by Gasteiger charge is 2.38. The standard InChI is InChI=1S/C18H28N4O2/c1-20-12-14(11-19-20)15-6-4-8-21(15)13-18(23)22-9-10-24-17-7-3-2-5-16(17)22/h11-12,15-17H,2-10,13H2,1H3/t15-,16-,17-/m0/s1. The predicted molar refractivity (Wildman–Crippen MR) is 90.5 cm³/mol. The first-order valence-electron chi connectivity index (χ1n) is 9.36. The van der Waals surface area contributed by atoms with E-state index in [4.69, 9.17) is 4.74 Å². The zero-order valence-electron chi connectivity index (χ0n) is 14.6. The van der Waals surface area contributed by atoms with E-state index < -0.39 is 0 Å². The molecule has 2 aliphatic heterocycles. The van der Waals surface area contributed by atoms with E-state index in [2.05, 4.69) is 21.1 Å². The quantitative estimate of drug-likeness (QED) is 0.846. The van der Waals surface area contributed by atoms with Crippen LogP contribution in [0.1, 0.15) is 50.1 Å². The lowest BCUT2D eigenvalue weighted by atomic mass is 9.90. The summed E-state index contributed by atoms with van der Waals surface area (Å²) in [5.74, 6) is 0.283. The van der Waals surface area contributed by atoms with E-state index in [-0.39, 0.29) is 12.0 Å². The minimum Gasteiger partial charge on any atom is -0.374 e. The first-order valence-corrected chi connectivity index (χ1v) is 9.36. The van der Waals surface area contributed by atoms with Crippen molar-refractivity contribution in [3.8, 4) is 0 Å². The average Bonchev–Trinajstić information content (AvgIpc) is 3.23. The second-order valence-corrected chi connectivity index (χ2v) is 7.42. The maximum Gasteiger partial charge on any atom is 0.237 e. The van der Waals surface area contributed by atoms with Crippen LogP contribution in [0.25, 0.3) is 0 Å². The molecule has 3 heterocycles. The Morgan fingerprint density at radius 1 is 1.25 bits per heavy atom. The Balaban J connectivity index is 1.43. The minimum atomic E-state index is 0.268. The summed E-state index contributed by atoms with van der Waals surface area (Å²) in [4.78, 5) is 17.5. The monoisotopic (exact) mass is 332 g/mol. The molecule has 1 aliphatic carbocycles. The van der Waals surface area contributed by atoms with Crippen LogP contribution in [-0.2, 0) is 16.6 Å². The lowest BCUT2D eigenvalue weighted by Crippen LogP contribution is -2.56. The number of rotatable bonds is 3.